The molecule has 0 atom stereocenters. The minimum Gasteiger partial charge on any atom is -0.486 e. The first kappa shape index (κ1) is 14.2. The second kappa shape index (κ2) is 6.02. The summed E-state index contributed by atoms with van der Waals surface area (Å²) in [7, 11) is 0. The predicted molar refractivity (Wildman–Crippen MR) is 92.1 cm³/mol. The average molecular weight is 342 g/mol. The molecule has 0 aliphatic carbocycles. The van der Waals surface area contributed by atoms with Gasteiger partial charge < -0.3 is 4.74 Å². The van der Waals surface area contributed by atoms with Crippen molar-refractivity contribution < 1.29 is 4.74 Å². The minimum atomic E-state index is 0.413. The SMILES string of the molecule is Clc1ccc(OCc2nn3cc(-c4ccccc4)nc3s2)cc1. The molecule has 2 aromatic carbocycles. The maximum absolute atomic E-state index is 5.86. The number of hydrogen-bond donors (Lipinski definition) is 0. The molecule has 0 bridgehead atoms. The summed E-state index contributed by atoms with van der Waals surface area (Å²) in [4.78, 5) is 5.48. The highest BCUT2D eigenvalue weighted by atomic mass is 35.5. The number of nitrogens with zero attached hydrogens (tertiary/aromatic N) is 3. The van der Waals surface area contributed by atoms with Crippen molar-refractivity contribution in [2.24, 2.45) is 0 Å². The van der Waals surface area contributed by atoms with E-state index in [1.807, 2.05) is 48.7 Å². The third-order valence-electron chi connectivity index (χ3n) is 3.33. The van der Waals surface area contributed by atoms with Crippen molar-refractivity contribution in [1.82, 2.24) is 14.6 Å². The van der Waals surface area contributed by atoms with Crippen LogP contribution in [0.25, 0.3) is 16.2 Å². The van der Waals surface area contributed by atoms with Crippen LogP contribution < -0.4 is 4.74 Å². The molecule has 0 saturated heterocycles. The summed E-state index contributed by atoms with van der Waals surface area (Å²) in [6.07, 6.45) is 1.94. The Bertz CT molecular complexity index is 900. The number of hydrogen-bond acceptors (Lipinski definition) is 4. The van der Waals surface area contributed by atoms with Gasteiger partial charge in [0.25, 0.3) is 0 Å². The Hall–Kier alpha value is -2.37. The quantitative estimate of drug-likeness (QED) is 0.540. The van der Waals surface area contributed by atoms with Gasteiger partial charge in [0.2, 0.25) is 4.96 Å². The Labute approximate surface area is 141 Å². The number of ether oxygens (including phenoxy) is 1. The normalized spacial score (nSPS) is 11.0. The van der Waals surface area contributed by atoms with Gasteiger partial charge in [0.15, 0.2) is 5.01 Å². The molecule has 4 nitrogen and oxygen atoms in total. The van der Waals surface area contributed by atoms with E-state index in [0.717, 1.165) is 27.0 Å². The summed E-state index contributed by atoms with van der Waals surface area (Å²) >= 11 is 7.38. The molecule has 2 aromatic heterocycles. The standard InChI is InChI=1S/C17H12ClN3OS/c18-13-6-8-14(9-7-13)22-11-16-20-21-10-15(19-17(21)23-16)12-4-2-1-3-5-12/h1-10H,11H2. The molecule has 0 aliphatic heterocycles. The van der Waals surface area contributed by atoms with Gasteiger partial charge >= 0.3 is 0 Å². The van der Waals surface area contributed by atoms with Crippen LogP contribution in [0.3, 0.4) is 0 Å². The first-order chi connectivity index (χ1) is 11.3. The fraction of sp³-hybridized carbons (Fsp3) is 0.0588. The van der Waals surface area contributed by atoms with Crippen LogP contribution in [0.2, 0.25) is 5.02 Å². The largest absolute Gasteiger partial charge is 0.486 e. The Morgan fingerprint density at radius 2 is 1.83 bits per heavy atom. The van der Waals surface area contributed by atoms with Gasteiger partial charge in [-0.15, -0.1) is 0 Å². The topological polar surface area (TPSA) is 39.4 Å². The smallest absolute Gasteiger partial charge is 0.212 e. The van der Waals surface area contributed by atoms with Crippen molar-refractivity contribution in [2.45, 2.75) is 6.61 Å². The third-order valence-corrected chi connectivity index (χ3v) is 4.48. The zero-order valence-electron chi connectivity index (χ0n) is 12.0. The summed E-state index contributed by atoms with van der Waals surface area (Å²) in [5.41, 5.74) is 2.01. The zero-order valence-corrected chi connectivity index (χ0v) is 13.6. The molecular formula is C17H12ClN3OS. The van der Waals surface area contributed by atoms with E-state index in [2.05, 4.69) is 10.1 Å². The summed E-state index contributed by atoms with van der Waals surface area (Å²) < 4.78 is 7.51. The van der Waals surface area contributed by atoms with Gasteiger partial charge in [-0.25, -0.2) is 9.50 Å². The van der Waals surface area contributed by atoms with Gasteiger partial charge in [0.05, 0.1) is 11.9 Å². The van der Waals surface area contributed by atoms with Crippen LogP contribution in [-0.4, -0.2) is 14.6 Å². The van der Waals surface area contributed by atoms with Gasteiger partial charge in [-0.05, 0) is 24.3 Å². The van der Waals surface area contributed by atoms with Crippen molar-refractivity contribution >= 4 is 27.9 Å². The van der Waals surface area contributed by atoms with E-state index >= 15 is 0 Å². The summed E-state index contributed by atoms with van der Waals surface area (Å²) in [5.74, 6) is 0.771. The van der Waals surface area contributed by atoms with Crippen LogP contribution in [0.15, 0.2) is 60.8 Å². The molecule has 0 aliphatic rings. The molecule has 0 spiro atoms. The lowest BCUT2D eigenvalue weighted by molar-refractivity contribution is 0.304. The first-order valence-corrected chi connectivity index (χ1v) is 8.26. The van der Waals surface area contributed by atoms with Gasteiger partial charge in [0.1, 0.15) is 12.4 Å². The van der Waals surface area contributed by atoms with Crippen molar-refractivity contribution in [2.75, 3.05) is 0 Å². The maximum atomic E-state index is 5.86. The van der Waals surface area contributed by atoms with Gasteiger partial charge in [0, 0.05) is 10.6 Å². The molecule has 2 heterocycles. The predicted octanol–water partition coefficient (Wildman–Crippen LogP) is 4.69. The van der Waals surface area contributed by atoms with Crippen LogP contribution in [0.5, 0.6) is 5.75 Å². The summed E-state index contributed by atoms with van der Waals surface area (Å²) in [6, 6.07) is 17.4. The highest BCUT2D eigenvalue weighted by molar-refractivity contribution is 7.16. The monoisotopic (exact) mass is 341 g/mol. The van der Waals surface area contributed by atoms with E-state index in [9.17, 15) is 0 Å². The maximum Gasteiger partial charge on any atom is 0.212 e. The second-order valence-electron chi connectivity index (χ2n) is 4.96. The molecule has 6 heteroatoms. The Morgan fingerprint density at radius 3 is 2.57 bits per heavy atom. The van der Waals surface area contributed by atoms with Crippen molar-refractivity contribution in [3.63, 3.8) is 0 Å². The number of imidazole rings is 1. The average Bonchev–Trinajstić information content (AvgIpc) is 3.14. The highest BCUT2D eigenvalue weighted by Crippen LogP contribution is 2.23. The summed E-state index contributed by atoms with van der Waals surface area (Å²) in [6.45, 7) is 0.413. The Kier molecular flexibility index (Phi) is 3.73. The lowest BCUT2D eigenvalue weighted by Gasteiger charge is -2.02. The fourth-order valence-electron chi connectivity index (χ4n) is 2.22. The molecule has 23 heavy (non-hydrogen) atoms. The fourth-order valence-corrected chi connectivity index (χ4v) is 3.14. The van der Waals surface area contributed by atoms with E-state index in [4.69, 9.17) is 16.3 Å². The van der Waals surface area contributed by atoms with Crippen LogP contribution in [-0.2, 0) is 6.61 Å². The molecule has 0 amide bonds. The number of fused-ring (bicyclic) bond motifs is 1. The van der Waals surface area contributed by atoms with Crippen molar-refractivity contribution in [3.05, 3.63) is 70.8 Å². The van der Waals surface area contributed by atoms with Crippen LogP contribution >= 0.6 is 22.9 Å². The molecule has 0 N–H and O–H groups in total. The van der Waals surface area contributed by atoms with Crippen molar-refractivity contribution in [3.8, 4) is 17.0 Å². The van der Waals surface area contributed by atoms with E-state index in [1.54, 1.807) is 16.6 Å². The second-order valence-corrected chi connectivity index (χ2v) is 6.43. The molecule has 0 saturated carbocycles. The minimum absolute atomic E-state index is 0.413. The molecule has 4 aromatic rings. The van der Waals surface area contributed by atoms with Crippen LogP contribution in [0.1, 0.15) is 5.01 Å². The van der Waals surface area contributed by atoms with Gasteiger partial charge in [-0.2, -0.15) is 5.10 Å². The Morgan fingerprint density at radius 1 is 1.04 bits per heavy atom. The first-order valence-electron chi connectivity index (χ1n) is 7.07. The molecular weight excluding hydrogens is 330 g/mol. The van der Waals surface area contributed by atoms with E-state index in [1.165, 1.54) is 11.3 Å². The Balaban J connectivity index is 1.51. The van der Waals surface area contributed by atoms with E-state index in [0.29, 0.717) is 11.6 Å². The molecule has 114 valence electrons. The van der Waals surface area contributed by atoms with Gasteiger partial charge in [-0.3, -0.25) is 0 Å². The number of benzene rings is 2. The highest BCUT2D eigenvalue weighted by Gasteiger charge is 2.10. The molecule has 0 fully saturated rings. The number of rotatable bonds is 4. The third kappa shape index (κ3) is 3.06. The van der Waals surface area contributed by atoms with Crippen LogP contribution in [0, 0.1) is 0 Å². The van der Waals surface area contributed by atoms with E-state index < -0.39 is 0 Å². The van der Waals surface area contributed by atoms with E-state index in [-0.39, 0.29) is 0 Å². The molecule has 0 unspecified atom stereocenters. The van der Waals surface area contributed by atoms with Crippen LogP contribution in [0.4, 0.5) is 0 Å². The summed E-state index contributed by atoms with van der Waals surface area (Å²) in [5, 5.41) is 6.08. The lowest BCUT2D eigenvalue weighted by Crippen LogP contribution is -1.95. The number of halogens is 1. The zero-order chi connectivity index (χ0) is 15.6. The van der Waals surface area contributed by atoms with Crippen molar-refractivity contribution in [1.29, 1.82) is 0 Å². The number of aromatic nitrogens is 3. The molecule has 0 radical (unpaired) electrons. The molecule has 4 rings (SSSR count). The lowest BCUT2D eigenvalue weighted by atomic mass is 10.2. The van der Waals surface area contributed by atoms with Gasteiger partial charge in [-0.1, -0.05) is 53.3 Å².